The first-order valence-electron chi connectivity index (χ1n) is 4.89. The van der Waals surface area contributed by atoms with E-state index in [1.165, 1.54) is 0 Å². The molecule has 84 valence electrons. The van der Waals surface area contributed by atoms with Gasteiger partial charge < -0.3 is 10.2 Å². The summed E-state index contributed by atoms with van der Waals surface area (Å²) < 4.78 is 1.11. The first-order chi connectivity index (χ1) is 6.97. The van der Waals surface area contributed by atoms with Gasteiger partial charge in [-0.15, -0.1) is 0 Å². The number of nitrogens with one attached hydrogen (secondary N) is 1. The molecular weight excluding hydrogens is 303 g/mol. The lowest BCUT2D eigenvalue weighted by Gasteiger charge is -2.16. The van der Waals surface area contributed by atoms with Gasteiger partial charge in [0.05, 0.1) is 9.26 Å². The molecule has 0 saturated carbocycles. The van der Waals surface area contributed by atoms with E-state index in [0.717, 1.165) is 21.0 Å². The Balaban J connectivity index is 3.32. The van der Waals surface area contributed by atoms with E-state index in [-0.39, 0.29) is 0 Å². The Bertz CT molecular complexity index is 350. The van der Waals surface area contributed by atoms with Gasteiger partial charge in [0.15, 0.2) is 0 Å². The second-order valence-corrected chi connectivity index (χ2v) is 4.95. The summed E-state index contributed by atoms with van der Waals surface area (Å²) in [5.74, 6) is 2.06. The Morgan fingerprint density at radius 2 is 1.87 bits per heavy atom. The first-order valence-corrected chi connectivity index (χ1v) is 5.97. The summed E-state index contributed by atoms with van der Waals surface area (Å²) in [5.41, 5.74) is 1.10. The standard InChI is InChI=1S/C10H17IN4/c1-6(2)8-7(11)9(12-3)14-10(13-8)15(4)5/h6H,1-5H3,(H,12,13,14). The van der Waals surface area contributed by atoms with Crippen LogP contribution in [0.2, 0.25) is 0 Å². The molecular formula is C10H17IN4. The number of hydrogen-bond donors (Lipinski definition) is 1. The van der Waals surface area contributed by atoms with Crippen LogP contribution in [0.25, 0.3) is 0 Å². The minimum absolute atomic E-state index is 0.408. The van der Waals surface area contributed by atoms with Gasteiger partial charge in [0.2, 0.25) is 5.95 Å². The second kappa shape index (κ2) is 4.96. The van der Waals surface area contributed by atoms with Gasteiger partial charge in [0.25, 0.3) is 0 Å². The molecule has 15 heavy (non-hydrogen) atoms. The van der Waals surface area contributed by atoms with Gasteiger partial charge >= 0.3 is 0 Å². The number of aromatic nitrogens is 2. The normalized spacial score (nSPS) is 10.6. The van der Waals surface area contributed by atoms with Crippen molar-refractivity contribution in [3.63, 3.8) is 0 Å². The minimum atomic E-state index is 0.408. The second-order valence-electron chi connectivity index (χ2n) is 3.87. The molecule has 0 amide bonds. The van der Waals surface area contributed by atoms with Crippen molar-refractivity contribution in [3.05, 3.63) is 9.26 Å². The molecule has 0 unspecified atom stereocenters. The lowest BCUT2D eigenvalue weighted by atomic mass is 10.1. The van der Waals surface area contributed by atoms with Gasteiger partial charge in [-0.1, -0.05) is 13.8 Å². The first kappa shape index (κ1) is 12.5. The van der Waals surface area contributed by atoms with E-state index in [1.54, 1.807) is 0 Å². The fraction of sp³-hybridized carbons (Fsp3) is 0.600. The van der Waals surface area contributed by atoms with Crippen molar-refractivity contribution >= 4 is 34.4 Å². The van der Waals surface area contributed by atoms with Gasteiger partial charge in [0, 0.05) is 21.1 Å². The summed E-state index contributed by atoms with van der Waals surface area (Å²) in [5, 5.41) is 3.10. The third kappa shape index (κ3) is 2.70. The zero-order valence-electron chi connectivity index (χ0n) is 9.80. The van der Waals surface area contributed by atoms with Crippen LogP contribution >= 0.6 is 22.6 Å². The maximum atomic E-state index is 4.55. The van der Waals surface area contributed by atoms with Gasteiger partial charge in [-0.05, 0) is 28.5 Å². The Morgan fingerprint density at radius 3 is 2.27 bits per heavy atom. The number of rotatable bonds is 3. The van der Waals surface area contributed by atoms with Crippen LogP contribution in [0.1, 0.15) is 25.5 Å². The Hall–Kier alpha value is -0.590. The van der Waals surface area contributed by atoms with E-state index in [2.05, 4.69) is 51.7 Å². The average Bonchev–Trinajstić information content (AvgIpc) is 2.17. The highest BCUT2D eigenvalue weighted by molar-refractivity contribution is 14.1. The SMILES string of the molecule is CNc1nc(N(C)C)nc(C(C)C)c1I. The third-order valence-electron chi connectivity index (χ3n) is 2.05. The maximum absolute atomic E-state index is 4.55. The van der Waals surface area contributed by atoms with E-state index in [1.807, 2.05) is 26.0 Å². The lowest BCUT2D eigenvalue weighted by molar-refractivity contribution is 0.799. The zero-order chi connectivity index (χ0) is 11.6. The summed E-state index contributed by atoms with van der Waals surface area (Å²) in [6.45, 7) is 4.28. The summed E-state index contributed by atoms with van der Waals surface area (Å²) in [7, 11) is 5.78. The van der Waals surface area contributed by atoms with Crippen LogP contribution in [0.3, 0.4) is 0 Å². The molecule has 1 heterocycles. The summed E-state index contributed by atoms with van der Waals surface area (Å²) in [6, 6.07) is 0. The molecule has 1 N–H and O–H groups in total. The number of nitrogens with zero attached hydrogens (tertiary/aromatic N) is 3. The molecule has 1 rings (SSSR count). The molecule has 0 aliphatic carbocycles. The van der Waals surface area contributed by atoms with Crippen LogP contribution in [-0.2, 0) is 0 Å². The average molecular weight is 320 g/mol. The van der Waals surface area contributed by atoms with Crippen molar-refractivity contribution in [2.24, 2.45) is 0 Å². The van der Waals surface area contributed by atoms with Crippen LogP contribution in [0.5, 0.6) is 0 Å². The molecule has 1 aromatic rings. The predicted molar refractivity (Wildman–Crippen MR) is 72.7 cm³/mol. The molecule has 0 aliphatic rings. The molecule has 5 heteroatoms. The molecule has 0 radical (unpaired) electrons. The number of hydrogen-bond acceptors (Lipinski definition) is 4. The molecule has 0 atom stereocenters. The highest BCUT2D eigenvalue weighted by Gasteiger charge is 2.14. The number of anilines is 2. The van der Waals surface area contributed by atoms with Crippen molar-refractivity contribution in [3.8, 4) is 0 Å². The fourth-order valence-corrected chi connectivity index (χ4v) is 2.33. The molecule has 0 fully saturated rings. The van der Waals surface area contributed by atoms with E-state index >= 15 is 0 Å². The quantitative estimate of drug-likeness (QED) is 0.868. The van der Waals surface area contributed by atoms with Gasteiger partial charge in [-0.25, -0.2) is 4.98 Å². The van der Waals surface area contributed by atoms with Crippen LogP contribution in [0.15, 0.2) is 0 Å². The van der Waals surface area contributed by atoms with Crippen molar-refractivity contribution in [1.82, 2.24) is 9.97 Å². The summed E-state index contributed by atoms with van der Waals surface area (Å²) in [6.07, 6.45) is 0. The van der Waals surface area contributed by atoms with Crippen LogP contribution in [0.4, 0.5) is 11.8 Å². The Labute approximate surface area is 105 Å². The molecule has 4 nitrogen and oxygen atoms in total. The monoisotopic (exact) mass is 320 g/mol. The molecule has 0 saturated heterocycles. The van der Waals surface area contributed by atoms with Gasteiger partial charge in [0.1, 0.15) is 5.82 Å². The van der Waals surface area contributed by atoms with Crippen LogP contribution in [0, 0.1) is 3.57 Å². The van der Waals surface area contributed by atoms with E-state index < -0.39 is 0 Å². The maximum Gasteiger partial charge on any atom is 0.227 e. The summed E-state index contributed by atoms with van der Waals surface area (Å²) in [4.78, 5) is 10.9. The Kier molecular flexibility index (Phi) is 4.12. The largest absolute Gasteiger partial charge is 0.372 e. The zero-order valence-corrected chi connectivity index (χ0v) is 12.0. The lowest BCUT2D eigenvalue weighted by Crippen LogP contribution is -2.16. The fourth-order valence-electron chi connectivity index (χ4n) is 1.20. The predicted octanol–water partition coefficient (Wildman–Crippen LogP) is 2.31. The molecule has 0 aromatic carbocycles. The number of halogens is 1. The third-order valence-corrected chi connectivity index (χ3v) is 3.11. The highest BCUT2D eigenvalue weighted by Crippen LogP contribution is 2.26. The van der Waals surface area contributed by atoms with Crippen molar-refractivity contribution in [1.29, 1.82) is 0 Å². The minimum Gasteiger partial charge on any atom is -0.372 e. The smallest absolute Gasteiger partial charge is 0.227 e. The van der Waals surface area contributed by atoms with E-state index in [0.29, 0.717) is 5.92 Å². The van der Waals surface area contributed by atoms with Crippen molar-refractivity contribution < 1.29 is 0 Å². The van der Waals surface area contributed by atoms with E-state index in [9.17, 15) is 0 Å². The van der Waals surface area contributed by atoms with Gasteiger partial charge in [-0.3, -0.25) is 0 Å². The van der Waals surface area contributed by atoms with Crippen molar-refractivity contribution in [2.45, 2.75) is 19.8 Å². The van der Waals surface area contributed by atoms with Crippen molar-refractivity contribution in [2.75, 3.05) is 31.4 Å². The molecule has 1 aromatic heterocycles. The molecule has 0 aliphatic heterocycles. The Morgan fingerprint density at radius 1 is 1.27 bits per heavy atom. The topological polar surface area (TPSA) is 41.1 Å². The van der Waals surface area contributed by atoms with Crippen LogP contribution in [-0.4, -0.2) is 31.1 Å². The van der Waals surface area contributed by atoms with Crippen LogP contribution < -0.4 is 10.2 Å². The summed E-state index contributed by atoms with van der Waals surface area (Å²) >= 11 is 2.29. The molecule has 0 spiro atoms. The van der Waals surface area contributed by atoms with Gasteiger partial charge in [-0.2, -0.15) is 4.98 Å². The highest BCUT2D eigenvalue weighted by atomic mass is 127. The van der Waals surface area contributed by atoms with E-state index in [4.69, 9.17) is 0 Å². The molecule has 0 bridgehead atoms.